The number of aliphatic hydroxyl groups is 1. The number of ether oxygens (including phenoxy) is 5. The molecule has 5 aliphatic carbocycles. The second-order valence-electron chi connectivity index (χ2n) is 28.8. The maximum atomic E-state index is 14.2. The summed E-state index contributed by atoms with van der Waals surface area (Å²) in [6.45, 7) is 1.94. The largest absolute Gasteiger partial charge is 0.508 e. The molecule has 2 saturated carbocycles. The van der Waals surface area contributed by atoms with Gasteiger partial charge in [0, 0.05) is 108 Å². The van der Waals surface area contributed by atoms with E-state index in [0.717, 1.165) is 127 Å². The van der Waals surface area contributed by atoms with Gasteiger partial charge < -0.3 is 60.7 Å². The summed E-state index contributed by atoms with van der Waals surface area (Å²) in [5, 5.41) is 49.6. The van der Waals surface area contributed by atoms with Gasteiger partial charge in [-0.3, -0.25) is 4.79 Å². The Bertz CT molecular complexity index is 4050. The van der Waals surface area contributed by atoms with E-state index in [9.17, 15) is 20.1 Å². The van der Waals surface area contributed by atoms with Crippen molar-refractivity contribution in [3.63, 3.8) is 0 Å². The standard InChI is InChI=1S/C79H86N4O9S2/c1-43(85)90-41-63-56-20-21-57-70-52(34-54(86)35-67(70)89-3)37-79-28-27-50(36-79)59-31-45-15-16-47-12-8-14-64-61(39-84)62(40-88-2)49(33-51(47)29-45)18-17-48(19-24-65-55(59)23-26-69(80)83-65)71-60(38-81-64)74(87)77-58(72(71)75(63)91-76(56)73(57)79)22-25-66-78(92-77)68(32-44-9-5-4-6-10-44)94-93-42-46-11-7-13-53(30-46)82-66/h4-6,9-10,15-16,20-23,25-26,29,34-35,46,48-50,53,59,61-64,66,68-69,75,78,81-84,86-87H,7-8,11-14,27-28,30-33,36-42,80H2,1-3H3. The molecule has 16 unspecified atom stereocenters. The summed E-state index contributed by atoms with van der Waals surface area (Å²) < 4.78 is 35.0. The molecule has 488 valence electrons. The van der Waals surface area contributed by atoms with Crippen molar-refractivity contribution in [2.45, 2.75) is 162 Å². The molecule has 3 fully saturated rings. The van der Waals surface area contributed by atoms with Crippen LogP contribution < -0.4 is 35.9 Å². The number of aryl methyl sites for hydroxylation is 1. The molecule has 94 heavy (non-hydrogen) atoms. The monoisotopic (exact) mass is 1300 g/mol. The van der Waals surface area contributed by atoms with Crippen molar-refractivity contribution >= 4 is 33.6 Å². The van der Waals surface area contributed by atoms with Gasteiger partial charge in [-0.1, -0.05) is 125 Å². The highest BCUT2D eigenvalue weighted by Crippen LogP contribution is 2.65. The molecule has 1 saturated heterocycles. The summed E-state index contributed by atoms with van der Waals surface area (Å²) >= 11 is 0. The molecule has 0 radical (unpaired) electrons. The number of dihydropyridines is 1. The van der Waals surface area contributed by atoms with E-state index in [2.05, 4.69) is 125 Å². The van der Waals surface area contributed by atoms with Crippen LogP contribution >= 0.6 is 21.6 Å². The number of carbonyl (C=O) groups excluding carboxylic acids is 1. The van der Waals surface area contributed by atoms with Crippen molar-refractivity contribution in [3.8, 4) is 63.6 Å². The minimum atomic E-state index is -0.868. The average Bonchev–Trinajstić information content (AvgIpc) is 1.45. The lowest BCUT2D eigenvalue weighted by atomic mass is 9.64. The summed E-state index contributed by atoms with van der Waals surface area (Å²) in [4.78, 5) is 13.6. The van der Waals surface area contributed by atoms with Gasteiger partial charge in [-0.15, -0.1) is 0 Å². The highest BCUT2D eigenvalue weighted by molar-refractivity contribution is 8.77. The van der Waals surface area contributed by atoms with Crippen LogP contribution in [0.4, 0.5) is 0 Å². The van der Waals surface area contributed by atoms with Crippen molar-refractivity contribution in [3.05, 3.63) is 163 Å². The fraction of sp³-hybridized carbons (Fsp3) is 0.481. The van der Waals surface area contributed by atoms with Crippen molar-refractivity contribution in [2.24, 2.45) is 41.2 Å². The van der Waals surface area contributed by atoms with Crippen LogP contribution in [0.25, 0.3) is 17.2 Å². The first kappa shape index (κ1) is 62.0. The van der Waals surface area contributed by atoms with Crippen LogP contribution in [0.5, 0.6) is 28.7 Å². The third-order valence-corrected chi connectivity index (χ3v) is 26.3. The molecule has 12 bridgehead atoms. The molecule has 16 rings (SSSR count). The zero-order valence-corrected chi connectivity index (χ0v) is 55.7. The lowest BCUT2D eigenvalue weighted by molar-refractivity contribution is -0.141. The Morgan fingerprint density at radius 3 is 2.63 bits per heavy atom. The molecule has 0 aromatic heterocycles. The van der Waals surface area contributed by atoms with Crippen molar-refractivity contribution in [1.82, 2.24) is 16.0 Å². The number of hydrogen-bond donors (Lipinski definition) is 7. The van der Waals surface area contributed by atoms with Gasteiger partial charge in [0.2, 0.25) is 0 Å². The Hall–Kier alpha value is -6.79. The Morgan fingerprint density at radius 2 is 1.78 bits per heavy atom. The SMILES string of the molecule is COCC1C2C#CC3C#CC4=C(C=CC(N)N4)C4Cc5ccc(c(c5)C2)CCCC(NCc2c(O)c5c(c(c23)C2Oc3c(ccc6c3C3(CCC4C3)Cc3cc(O)cc(OC)c3-6)C2COC(C)=O)C=CC2NC3CCCC(CSSC(Cc4ccccc4)C2O5)C3)C1CO. The fourth-order valence-corrected chi connectivity index (χ4v) is 22.2. The van der Waals surface area contributed by atoms with Crippen molar-refractivity contribution < 1.29 is 43.8 Å². The second-order valence-corrected chi connectivity index (χ2v) is 31.4. The molecule has 8 N–H and O–H groups in total. The Kier molecular flexibility index (Phi) is 16.9. The van der Waals surface area contributed by atoms with Gasteiger partial charge >= 0.3 is 5.97 Å². The van der Waals surface area contributed by atoms with Crippen LogP contribution in [0.15, 0.2) is 102 Å². The maximum Gasteiger partial charge on any atom is 0.302 e. The first-order valence-electron chi connectivity index (χ1n) is 34.6. The first-order valence-corrected chi connectivity index (χ1v) is 36.9. The van der Waals surface area contributed by atoms with Gasteiger partial charge in [0.25, 0.3) is 0 Å². The van der Waals surface area contributed by atoms with Crippen LogP contribution in [0.1, 0.15) is 144 Å². The number of nitrogens with one attached hydrogen (secondary N) is 3. The van der Waals surface area contributed by atoms with Gasteiger partial charge in [0.1, 0.15) is 42.0 Å². The van der Waals surface area contributed by atoms with Crippen LogP contribution in [-0.4, -0.2) is 96.7 Å². The number of benzene rings is 5. The Balaban J connectivity index is 1.03. The van der Waals surface area contributed by atoms with E-state index < -0.39 is 41.6 Å². The minimum absolute atomic E-state index is 0.000683. The van der Waals surface area contributed by atoms with Gasteiger partial charge in [0.15, 0.2) is 11.5 Å². The summed E-state index contributed by atoms with van der Waals surface area (Å²) in [7, 11) is 7.30. The van der Waals surface area contributed by atoms with Gasteiger partial charge in [-0.05, 0) is 164 Å². The quantitative estimate of drug-likeness (QED) is 0.0442. The number of aromatic hydroxyl groups is 2. The molecule has 5 aromatic carbocycles. The number of aliphatic hydroxyl groups excluding tert-OH is 1. The van der Waals surface area contributed by atoms with Crippen LogP contribution in [0.2, 0.25) is 0 Å². The number of methoxy groups -OCH3 is 2. The Labute approximate surface area is 560 Å². The van der Waals surface area contributed by atoms with Crippen molar-refractivity contribution in [1.29, 1.82) is 0 Å². The minimum Gasteiger partial charge on any atom is -0.508 e. The van der Waals surface area contributed by atoms with Gasteiger partial charge in [-0.25, -0.2) is 0 Å². The lowest BCUT2D eigenvalue weighted by Crippen LogP contribution is -2.52. The number of phenols is 2. The molecule has 1 spiro atoms. The lowest BCUT2D eigenvalue weighted by Gasteiger charge is -2.40. The fourth-order valence-electron chi connectivity index (χ4n) is 19.0. The van der Waals surface area contributed by atoms with Crippen molar-refractivity contribution in [2.75, 3.05) is 39.8 Å². The normalized spacial score (nSPS) is 32.1. The molecule has 5 aromatic rings. The van der Waals surface area contributed by atoms with E-state index in [1.165, 1.54) is 35.6 Å². The van der Waals surface area contributed by atoms with E-state index in [0.29, 0.717) is 53.6 Å². The van der Waals surface area contributed by atoms with Crippen LogP contribution in [0.3, 0.4) is 0 Å². The number of nitrogens with two attached hydrogens (primary N) is 1. The number of fused-ring (bicyclic) bond motifs is 14. The number of esters is 1. The molecule has 13 nitrogen and oxygen atoms in total. The zero-order chi connectivity index (χ0) is 63.9. The van der Waals surface area contributed by atoms with E-state index in [1.54, 1.807) is 20.3 Å². The topological polar surface area (TPSA) is 186 Å². The summed E-state index contributed by atoms with van der Waals surface area (Å²) in [5.74, 6) is 16.8. The van der Waals surface area contributed by atoms with Gasteiger partial charge in [0.05, 0.1) is 42.8 Å². The highest BCUT2D eigenvalue weighted by Gasteiger charge is 2.54. The van der Waals surface area contributed by atoms with Gasteiger partial charge in [-0.2, -0.15) is 0 Å². The third kappa shape index (κ3) is 11.2. The molecular weight excluding hydrogens is 1210 g/mol. The molecule has 0 amide bonds. The molecule has 11 aliphatic rings. The highest BCUT2D eigenvalue weighted by atomic mass is 33.1. The van der Waals surface area contributed by atoms with E-state index in [-0.39, 0.29) is 84.2 Å². The zero-order valence-electron chi connectivity index (χ0n) is 54.0. The molecular formula is C79H86N4O9S2. The predicted molar refractivity (Wildman–Crippen MR) is 370 cm³/mol. The summed E-state index contributed by atoms with van der Waals surface area (Å²) in [6.07, 6.45) is 19.3. The number of hydrogen-bond acceptors (Lipinski definition) is 15. The number of carbonyl (C=O) groups is 1. The predicted octanol–water partition coefficient (Wildman–Crippen LogP) is 12.0. The summed E-state index contributed by atoms with van der Waals surface area (Å²) in [5.41, 5.74) is 21.2. The van der Waals surface area contributed by atoms with Crippen LogP contribution in [-0.2, 0) is 58.3 Å². The molecule has 16 atom stereocenters. The van der Waals surface area contributed by atoms with E-state index >= 15 is 0 Å². The average molecular weight is 1300 g/mol. The summed E-state index contributed by atoms with van der Waals surface area (Å²) in [6, 6.07) is 25.8. The molecule has 15 heteroatoms. The number of rotatable bonds is 8. The third-order valence-electron chi connectivity index (χ3n) is 23.3. The van der Waals surface area contributed by atoms with Crippen LogP contribution in [0, 0.1) is 59.2 Å². The molecule has 6 heterocycles. The maximum absolute atomic E-state index is 14.2. The van der Waals surface area contributed by atoms with E-state index in [1.807, 2.05) is 27.7 Å². The smallest absolute Gasteiger partial charge is 0.302 e. The number of allylic oxidation sites excluding steroid dienone is 3. The first-order chi connectivity index (χ1) is 45.9. The number of phenolic OH excluding ortho intramolecular Hbond substituents is 2. The molecule has 6 aliphatic heterocycles. The Morgan fingerprint density at radius 1 is 0.883 bits per heavy atom. The second kappa shape index (κ2) is 25.7. The van der Waals surface area contributed by atoms with E-state index in [4.69, 9.17) is 29.4 Å².